The van der Waals surface area contributed by atoms with Gasteiger partial charge in [0.25, 0.3) is 5.91 Å². The van der Waals surface area contributed by atoms with Crippen LogP contribution in [0.2, 0.25) is 0 Å². The standard InChI is InChI=1S/C26H26N4O4/c1-17-12-19(18(2)30(17)23-8-10-24(34-4)11-9-23)13-20(15-27)26(32)29-22-7-5-6-21(14-22)28-25(31)16-33-3/h5-14H,16H2,1-4H3,(H,28,31)(H,29,32)/b20-13-. The van der Waals surface area contributed by atoms with E-state index in [0.717, 1.165) is 28.4 Å². The summed E-state index contributed by atoms with van der Waals surface area (Å²) in [7, 11) is 3.05. The molecule has 0 atom stereocenters. The highest BCUT2D eigenvalue weighted by Gasteiger charge is 2.14. The summed E-state index contributed by atoms with van der Waals surface area (Å²) in [5.74, 6) is -0.0926. The third-order valence-electron chi connectivity index (χ3n) is 5.15. The van der Waals surface area contributed by atoms with Crippen LogP contribution in [0, 0.1) is 25.2 Å². The van der Waals surface area contributed by atoms with Crippen molar-refractivity contribution < 1.29 is 19.1 Å². The molecule has 1 aromatic heterocycles. The van der Waals surface area contributed by atoms with Crippen molar-refractivity contribution in [3.8, 4) is 17.5 Å². The fraction of sp³-hybridized carbons (Fsp3) is 0.192. The van der Waals surface area contributed by atoms with Crippen LogP contribution in [-0.4, -0.2) is 37.2 Å². The van der Waals surface area contributed by atoms with Crippen LogP contribution in [0.25, 0.3) is 11.8 Å². The molecule has 0 bridgehead atoms. The lowest BCUT2D eigenvalue weighted by atomic mass is 10.1. The molecule has 0 unspecified atom stereocenters. The van der Waals surface area contributed by atoms with Gasteiger partial charge < -0.3 is 24.7 Å². The minimum absolute atomic E-state index is 0.0381. The Morgan fingerprint density at radius 2 is 1.71 bits per heavy atom. The van der Waals surface area contributed by atoms with Crippen LogP contribution < -0.4 is 15.4 Å². The van der Waals surface area contributed by atoms with Crippen molar-refractivity contribution in [2.75, 3.05) is 31.5 Å². The minimum Gasteiger partial charge on any atom is -0.497 e. The van der Waals surface area contributed by atoms with Gasteiger partial charge in [-0.2, -0.15) is 5.26 Å². The minimum atomic E-state index is -0.544. The van der Waals surface area contributed by atoms with E-state index in [1.807, 2.05) is 54.8 Å². The van der Waals surface area contributed by atoms with Gasteiger partial charge in [-0.1, -0.05) is 6.07 Å². The highest BCUT2D eigenvalue weighted by atomic mass is 16.5. The van der Waals surface area contributed by atoms with E-state index in [0.29, 0.717) is 11.4 Å². The average molecular weight is 459 g/mol. The van der Waals surface area contributed by atoms with Gasteiger partial charge in [-0.15, -0.1) is 0 Å². The molecule has 2 amide bonds. The Morgan fingerprint density at radius 1 is 1.03 bits per heavy atom. The van der Waals surface area contributed by atoms with Crippen LogP contribution >= 0.6 is 0 Å². The maximum absolute atomic E-state index is 12.8. The summed E-state index contributed by atoms with van der Waals surface area (Å²) in [6, 6.07) is 18.2. The Morgan fingerprint density at radius 3 is 2.32 bits per heavy atom. The van der Waals surface area contributed by atoms with Crippen LogP contribution in [0.5, 0.6) is 5.75 Å². The molecule has 0 aliphatic carbocycles. The van der Waals surface area contributed by atoms with Crippen LogP contribution in [-0.2, 0) is 14.3 Å². The molecule has 0 spiro atoms. The number of methoxy groups -OCH3 is 2. The highest BCUT2D eigenvalue weighted by Crippen LogP contribution is 2.25. The van der Waals surface area contributed by atoms with Crippen molar-refractivity contribution in [2.24, 2.45) is 0 Å². The van der Waals surface area contributed by atoms with Gasteiger partial charge in [0.1, 0.15) is 24.0 Å². The highest BCUT2D eigenvalue weighted by molar-refractivity contribution is 6.10. The predicted molar refractivity (Wildman–Crippen MR) is 131 cm³/mol. The Bertz CT molecular complexity index is 1270. The van der Waals surface area contributed by atoms with Crippen LogP contribution in [0.1, 0.15) is 17.0 Å². The van der Waals surface area contributed by atoms with Crippen molar-refractivity contribution in [3.63, 3.8) is 0 Å². The largest absolute Gasteiger partial charge is 0.497 e. The second-order valence-electron chi connectivity index (χ2n) is 7.55. The van der Waals surface area contributed by atoms with E-state index in [9.17, 15) is 14.9 Å². The third-order valence-corrected chi connectivity index (χ3v) is 5.15. The second-order valence-corrected chi connectivity index (χ2v) is 7.55. The van der Waals surface area contributed by atoms with Gasteiger partial charge in [-0.25, -0.2) is 0 Å². The number of aryl methyl sites for hydroxylation is 1. The first-order chi connectivity index (χ1) is 16.4. The monoisotopic (exact) mass is 458 g/mol. The van der Waals surface area contributed by atoms with Crippen LogP contribution in [0.3, 0.4) is 0 Å². The number of hydrogen-bond donors (Lipinski definition) is 2. The van der Waals surface area contributed by atoms with Crippen molar-refractivity contribution in [2.45, 2.75) is 13.8 Å². The normalized spacial score (nSPS) is 11.0. The van der Waals surface area contributed by atoms with Gasteiger partial charge in [-0.3, -0.25) is 9.59 Å². The Balaban J connectivity index is 1.82. The molecule has 3 aromatic rings. The van der Waals surface area contributed by atoms with Gasteiger partial charge in [0.2, 0.25) is 5.91 Å². The average Bonchev–Trinajstić information content (AvgIpc) is 3.10. The second kappa shape index (κ2) is 11.0. The number of nitrogens with one attached hydrogen (secondary N) is 2. The summed E-state index contributed by atoms with van der Waals surface area (Å²) >= 11 is 0. The summed E-state index contributed by atoms with van der Waals surface area (Å²) in [6.07, 6.45) is 1.57. The van der Waals surface area contributed by atoms with E-state index in [2.05, 4.69) is 10.6 Å². The first-order valence-electron chi connectivity index (χ1n) is 10.5. The summed E-state index contributed by atoms with van der Waals surface area (Å²) in [5.41, 5.74) is 4.49. The number of nitrogens with zero attached hydrogens (tertiary/aromatic N) is 2. The van der Waals surface area contributed by atoms with Crippen LogP contribution in [0.15, 0.2) is 60.2 Å². The molecule has 34 heavy (non-hydrogen) atoms. The smallest absolute Gasteiger partial charge is 0.266 e. The number of benzene rings is 2. The van der Waals surface area contributed by atoms with Gasteiger partial charge in [0.05, 0.1) is 7.11 Å². The summed E-state index contributed by atoms with van der Waals surface area (Å²) in [5, 5.41) is 15.0. The summed E-state index contributed by atoms with van der Waals surface area (Å²) in [6.45, 7) is 3.82. The molecule has 3 rings (SSSR count). The number of nitriles is 1. The van der Waals surface area contributed by atoms with Crippen LogP contribution in [0.4, 0.5) is 11.4 Å². The topological polar surface area (TPSA) is 105 Å². The molecule has 1 heterocycles. The maximum atomic E-state index is 12.8. The molecule has 0 saturated carbocycles. The molecule has 2 N–H and O–H groups in total. The molecular weight excluding hydrogens is 432 g/mol. The first-order valence-corrected chi connectivity index (χ1v) is 10.5. The lowest BCUT2D eigenvalue weighted by Crippen LogP contribution is -2.17. The number of anilines is 2. The zero-order chi connectivity index (χ0) is 24.7. The molecule has 2 aromatic carbocycles. The lowest BCUT2D eigenvalue weighted by molar-refractivity contribution is -0.119. The molecule has 0 radical (unpaired) electrons. The molecule has 0 saturated heterocycles. The first kappa shape index (κ1) is 24.3. The lowest BCUT2D eigenvalue weighted by Gasteiger charge is -2.10. The van der Waals surface area contributed by atoms with Gasteiger partial charge in [-0.05, 0) is 74.0 Å². The molecular formula is C26H26N4O4. The number of aromatic nitrogens is 1. The zero-order valence-corrected chi connectivity index (χ0v) is 19.5. The van der Waals surface area contributed by atoms with Gasteiger partial charge >= 0.3 is 0 Å². The van der Waals surface area contributed by atoms with E-state index in [1.54, 1.807) is 37.5 Å². The SMILES string of the molecule is COCC(=O)Nc1cccc(NC(=O)/C(C#N)=C\c2cc(C)n(-c3ccc(OC)cc3)c2C)c1. The Hall–Kier alpha value is -4.35. The van der Waals surface area contributed by atoms with Gasteiger partial charge in [0, 0.05) is 35.6 Å². The van der Waals surface area contributed by atoms with Gasteiger partial charge in [0.15, 0.2) is 0 Å². The van der Waals surface area contributed by atoms with Crippen molar-refractivity contribution in [1.82, 2.24) is 4.57 Å². The quantitative estimate of drug-likeness (QED) is 0.388. The number of ether oxygens (including phenoxy) is 2. The molecule has 8 heteroatoms. The summed E-state index contributed by atoms with van der Waals surface area (Å²) in [4.78, 5) is 24.5. The van der Waals surface area contributed by atoms with Crippen molar-refractivity contribution >= 4 is 29.3 Å². The molecule has 0 fully saturated rings. The number of carbonyl (C=O) groups is 2. The Labute approximate surface area is 198 Å². The van der Waals surface area contributed by atoms with Crippen molar-refractivity contribution in [3.05, 3.63) is 77.1 Å². The van der Waals surface area contributed by atoms with E-state index in [4.69, 9.17) is 9.47 Å². The number of carbonyl (C=O) groups excluding carboxylic acids is 2. The molecule has 0 aliphatic rings. The molecule has 0 aliphatic heterocycles. The fourth-order valence-electron chi connectivity index (χ4n) is 3.57. The molecule has 8 nitrogen and oxygen atoms in total. The molecule has 174 valence electrons. The zero-order valence-electron chi connectivity index (χ0n) is 19.5. The van der Waals surface area contributed by atoms with Crippen molar-refractivity contribution in [1.29, 1.82) is 5.26 Å². The van der Waals surface area contributed by atoms with E-state index in [1.165, 1.54) is 7.11 Å². The number of hydrogen-bond acceptors (Lipinski definition) is 5. The van der Waals surface area contributed by atoms with E-state index < -0.39 is 5.91 Å². The maximum Gasteiger partial charge on any atom is 0.266 e. The Kier molecular flexibility index (Phi) is 7.85. The number of rotatable bonds is 8. The number of amides is 2. The van der Waals surface area contributed by atoms with E-state index in [-0.39, 0.29) is 18.1 Å². The third kappa shape index (κ3) is 5.71. The van der Waals surface area contributed by atoms with E-state index >= 15 is 0 Å². The predicted octanol–water partition coefficient (Wildman–Crippen LogP) is 4.23. The summed E-state index contributed by atoms with van der Waals surface area (Å²) < 4.78 is 12.1. The fourth-order valence-corrected chi connectivity index (χ4v) is 3.57.